The molecular formula is C17H20N2O4S2. The van der Waals surface area contributed by atoms with Crippen LogP contribution in [0.4, 0.5) is 0 Å². The van der Waals surface area contributed by atoms with Crippen LogP contribution in [0, 0.1) is 0 Å². The number of hydrogen-bond donors (Lipinski definition) is 0. The number of fused-ring (bicyclic) bond motifs is 1. The van der Waals surface area contributed by atoms with E-state index in [9.17, 15) is 13.2 Å². The summed E-state index contributed by atoms with van der Waals surface area (Å²) in [6.07, 6.45) is 1.14. The minimum atomic E-state index is -3.03. The van der Waals surface area contributed by atoms with Crippen molar-refractivity contribution < 1.29 is 17.9 Å². The molecule has 1 aromatic rings. The summed E-state index contributed by atoms with van der Waals surface area (Å²) in [7, 11) is -3.03. The molecular weight excluding hydrogens is 360 g/mol. The number of amidine groups is 1. The molecule has 3 saturated heterocycles. The molecule has 25 heavy (non-hydrogen) atoms. The summed E-state index contributed by atoms with van der Waals surface area (Å²) in [6.45, 7) is 1.16. The average molecular weight is 380 g/mol. The summed E-state index contributed by atoms with van der Waals surface area (Å²) in [5.74, 6) is 0.0340. The number of carbonyl (C=O) groups excluding carboxylic acids is 1. The Morgan fingerprint density at radius 3 is 2.80 bits per heavy atom. The fraction of sp³-hybridized carbons (Fsp3) is 0.529. The Balaban J connectivity index is 1.60. The van der Waals surface area contributed by atoms with Gasteiger partial charge in [-0.2, -0.15) is 4.99 Å². The van der Waals surface area contributed by atoms with Crippen molar-refractivity contribution >= 4 is 32.7 Å². The molecule has 0 aliphatic carbocycles. The Labute approximate surface area is 151 Å². The molecule has 8 heteroatoms. The number of nitrogens with zero attached hydrogens (tertiary/aromatic N) is 2. The number of aliphatic imine (C=N–C) groups is 1. The third-order valence-corrected chi connectivity index (χ3v) is 8.03. The van der Waals surface area contributed by atoms with Gasteiger partial charge in [0.1, 0.15) is 6.10 Å². The normalized spacial score (nSPS) is 32.2. The van der Waals surface area contributed by atoms with E-state index in [0.29, 0.717) is 24.7 Å². The molecule has 3 heterocycles. The first kappa shape index (κ1) is 17.1. The molecule has 3 aliphatic heterocycles. The van der Waals surface area contributed by atoms with Crippen molar-refractivity contribution in [2.45, 2.75) is 36.8 Å². The molecule has 0 radical (unpaired) electrons. The number of benzene rings is 1. The highest BCUT2D eigenvalue weighted by Crippen LogP contribution is 2.39. The van der Waals surface area contributed by atoms with Gasteiger partial charge in [0.15, 0.2) is 15.0 Å². The number of thioether (sulfide) groups is 1. The smallest absolute Gasteiger partial charge is 0.277 e. The van der Waals surface area contributed by atoms with Gasteiger partial charge in [-0.25, -0.2) is 8.42 Å². The van der Waals surface area contributed by atoms with Crippen LogP contribution in [-0.4, -0.2) is 59.9 Å². The summed E-state index contributed by atoms with van der Waals surface area (Å²) < 4.78 is 29.5. The van der Waals surface area contributed by atoms with E-state index in [1.807, 2.05) is 35.2 Å². The lowest BCUT2D eigenvalue weighted by Gasteiger charge is -2.24. The minimum Gasteiger partial charge on any atom is -0.368 e. The zero-order valence-corrected chi connectivity index (χ0v) is 15.3. The first-order valence-corrected chi connectivity index (χ1v) is 11.1. The van der Waals surface area contributed by atoms with Gasteiger partial charge in [-0.3, -0.25) is 4.79 Å². The van der Waals surface area contributed by atoms with E-state index in [1.165, 1.54) is 11.8 Å². The van der Waals surface area contributed by atoms with E-state index in [1.54, 1.807) is 0 Å². The molecule has 134 valence electrons. The Morgan fingerprint density at radius 1 is 1.28 bits per heavy atom. The quantitative estimate of drug-likeness (QED) is 0.790. The third kappa shape index (κ3) is 3.61. The van der Waals surface area contributed by atoms with Crippen molar-refractivity contribution in [1.29, 1.82) is 0 Å². The largest absolute Gasteiger partial charge is 0.368 e. The van der Waals surface area contributed by atoms with Crippen LogP contribution in [0.25, 0.3) is 0 Å². The minimum absolute atomic E-state index is 0.0511. The molecule has 0 bridgehead atoms. The van der Waals surface area contributed by atoms with E-state index in [4.69, 9.17) is 4.74 Å². The maximum Gasteiger partial charge on any atom is 0.277 e. The summed E-state index contributed by atoms with van der Waals surface area (Å²) in [4.78, 5) is 18.7. The standard InChI is InChI=1S/C17H20N2O4S2/c20-16(14-7-4-8-23-14)18-17-19(9-12-5-2-1-3-6-12)13-10-25(21,22)11-15(13)24-17/h1-3,5-6,13-15H,4,7-11H2/t13-,14+,15+/m0/s1. The van der Waals surface area contributed by atoms with Crippen molar-refractivity contribution in [3.63, 3.8) is 0 Å². The molecule has 3 fully saturated rings. The fourth-order valence-electron chi connectivity index (χ4n) is 3.54. The monoisotopic (exact) mass is 380 g/mol. The molecule has 1 aromatic carbocycles. The summed E-state index contributed by atoms with van der Waals surface area (Å²) in [5.41, 5.74) is 1.07. The van der Waals surface area contributed by atoms with Crippen LogP contribution in [0.2, 0.25) is 0 Å². The van der Waals surface area contributed by atoms with Gasteiger partial charge < -0.3 is 9.64 Å². The lowest BCUT2D eigenvalue weighted by Crippen LogP contribution is -2.37. The van der Waals surface area contributed by atoms with Gasteiger partial charge >= 0.3 is 0 Å². The highest BCUT2D eigenvalue weighted by molar-refractivity contribution is 8.15. The first-order valence-electron chi connectivity index (χ1n) is 8.44. The van der Waals surface area contributed by atoms with E-state index in [-0.39, 0.29) is 28.7 Å². The topological polar surface area (TPSA) is 76.0 Å². The second kappa shape index (κ2) is 6.74. The van der Waals surface area contributed by atoms with Gasteiger partial charge in [0.25, 0.3) is 5.91 Å². The molecule has 4 rings (SSSR count). The van der Waals surface area contributed by atoms with Gasteiger partial charge in [0.2, 0.25) is 0 Å². The third-order valence-electron chi connectivity index (χ3n) is 4.78. The molecule has 3 atom stereocenters. The predicted molar refractivity (Wildman–Crippen MR) is 97.2 cm³/mol. The van der Waals surface area contributed by atoms with E-state index >= 15 is 0 Å². The second-order valence-corrected chi connectivity index (χ2v) is 10.0. The molecule has 0 saturated carbocycles. The highest BCUT2D eigenvalue weighted by atomic mass is 32.2. The summed E-state index contributed by atoms with van der Waals surface area (Å²) in [5, 5.41) is 0.582. The SMILES string of the molecule is O=C(N=C1S[C@@H]2CS(=O)(=O)C[C@@H]2N1Cc1ccccc1)[C@H]1CCCO1. The first-order chi connectivity index (χ1) is 12.0. The molecule has 0 aromatic heterocycles. The van der Waals surface area contributed by atoms with Crippen LogP contribution in [0.1, 0.15) is 18.4 Å². The van der Waals surface area contributed by atoms with Crippen LogP contribution < -0.4 is 0 Å². The van der Waals surface area contributed by atoms with Gasteiger partial charge in [-0.15, -0.1) is 0 Å². The Morgan fingerprint density at radius 2 is 2.08 bits per heavy atom. The van der Waals surface area contributed by atoms with Crippen molar-refractivity contribution in [3.8, 4) is 0 Å². The average Bonchev–Trinajstić information content (AvgIpc) is 3.26. The molecule has 0 unspecified atom stereocenters. The Kier molecular flexibility index (Phi) is 4.59. The zero-order valence-electron chi connectivity index (χ0n) is 13.7. The number of ether oxygens (including phenoxy) is 1. The predicted octanol–water partition coefficient (Wildman–Crippen LogP) is 1.46. The fourth-order valence-corrected chi connectivity index (χ4v) is 7.50. The lowest BCUT2D eigenvalue weighted by molar-refractivity contribution is -0.126. The van der Waals surface area contributed by atoms with Crippen LogP contribution in [0.3, 0.4) is 0 Å². The molecule has 6 nitrogen and oxygen atoms in total. The highest BCUT2D eigenvalue weighted by Gasteiger charge is 2.48. The Bertz CT molecular complexity index is 788. The molecule has 3 aliphatic rings. The number of sulfone groups is 1. The maximum absolute atomic E-state index is 12.4. The van der Waals surface area contributed by atoms with Crippen molar-refractivity contribution in [2.75, 3.05) is 18.1 Å². The number of hydrogen-bond acceptors (Lipinski definition) is 5. The van der Waals surface area contributed by atoms with E-state index in [2.05, 4.69) is 4.99 Å². The van der Waals surface area contributed by atoms with Crippen LogP contribution >= 0.6 is 11.8 Å². The van der Waals surface area contributed by atoms with Crippen LogP contribution in [0.5, 0.6) is 0 Å². The van der Waals surface area contributed by atoms with Gasteiger partial charge in [0.05, 0.1) is 17.5 Å². The molecule has 1 amide bonds. The Hall–Kier alpha value is -1.38. The van der Waals surface area contributed by atoms with Gasteiger partial charge in [-0.1, -0.05) is 42.1 Å². The van der Waals surface area contributed by atoms with Crippen LogP contribution in [0.15, 0.2) is 35.3 Å². The van der Waals surface area contributed by atoms with E-state index in [0.717, 1.165) is 12.0 Å². The molecule has 0 N–H and O–H groups in total. The zero-order chi connectivity index (χ0) is 17.4. The summed E-state index contributed by atoms with van der Waals surface area (Å²) in [6, 6.07) is 9.74. The lowest BCUT2D eigenvalue weighted by atomic mass is 10.1. The number of carbonyl (C=O) groups is 1. The number of rotatable bonds is 3. The van der Waals surface area contributed by atoms with Crippen LogP contribution in [-0.2, 0) is 25.9 Å². The van der Waals surface area contributed by atoms with Crippen molar-refractivity contribution in [1.82, 2.24) is 4.90 Å². The van der Waals surface area contributed by atoms with Gasteiger partial charge in [0, 0.05) is 18.4 Å². The summed E-state index contributed by atoms with van der Waals surface area (Å²) >= 11 is 1.42. The van der Waals surface area contributed by atoms with E-state index < -0.39 is 15.9 Å². The second-order valence-electron chi connectivity index (χ2n) is 6.65. The van der Waals surface area contributed by atoms with Gasteiger partial charge in [-0.05, 0) is 18.4 Å². The number of amides is 1. The van der Waals surface area contributed by atoms with Crippen molar-refractivity contribution in [3.05, 3.63) is 35.9 Å². The van der Waals surface area contributed by atoms with Crippen molar-refractivity contribution in [2.24, 2.45) is 4.99 Å². The maximum atomic E-state index is 12.4. The molecule has 0 spiro atoms.